The molecular weight excluding hydrogens is 248 g/mol. The molecule has 4 heteroatoms. The molecule has 18 heavy (non-hydrogen) atoms. The van der Waals surface area contributed by atoms with Crippen molar-refractivity contribution >= 4 is 23.2 Å². The molecule has 0 bridgehead atoms. The van der Waals surface area contributed by atoms with E-state index >= 15 is 0 Å². The van der Waals surface area contributed by atoms with Crippen LogP contribution in [0.4, 0.5) is 5.69 Å². The lowest BCUT2D eigenvalue weighted by Crippen LogP contribution is -2.29. The van der Waals surface area contributed by atoms with Crippen LogP contribution in [0.25, 0.3) is 0 Å². The molecule has 1 aliphatic rings. The van der Waals surface area contributed by atoms with Gasteiger partial charge in [0.05, 0.1) is 0 Å². The number of amides is 1. The van der Waals surface area contributed by atoms with Crippen LogP contribution in [0, 0.1) is 0 Å². The van der Waals surface area contributed by atoms with Crippen molar-refractivity contribution in [2.24, 2.45) is 5.73 Å². The van der Waals surface area contributed by atoms with Gasteiger partial charge in [-0.15, -0.1) is 0 Å². The van der Waals surface area contributed by atoms with Gasteiger partial charge in [0, 0.05) is 24.2 Å². The van der Waals surface area contributed by atoms with Crippen LogP contribution < -0.4 is 10.6 Å². The van der Waals surface area contributed by atoms with Gasteiger partial charge in [0.15, 0.2) is 0 Å². The number of anilines is 1. The lowest BCUT2D eigenvalue weighted by atomic mass is 9.91. The highest BCUT2D eigenvalue weighted by atomic mass is 35.5. The first-order valence-corrected chi connectivity index (χ1v) is 6.79. The van der Waals surface area contributed by atoms with Crippen molar-refractivity contribution in [2.45, 2.75) is 32.1 Å². The van der Waals surface area contributed by atoms with Crippen molar-refractivity contribution < 1.29 is 4.79 Å². The molecule has 98 valence electrons. The fourth-order valence-corrected chi connectivity index (χ4v) is 2.88. The number of nitrogens with two attached hydrogens (primary N) is 1. The average molecular weight is 267 g/mol. The van der Waals surface area contributed by atoms with Gasteiger partial charge in [-0.3, -0.25) is 4.79 Å². The van der Waals surface area contributed by atoms with Crippen molar-refractivity contribution in [3.8, 4) is 0 Å². The maximum Gasteiger partial charge on any atom is 0.223 e. The van der Waals surface area contributed by atoms with Crippen LogP contribution in [0.15, 0.2) is 18.2 Å². The zero-order valence-electron chi connectivity index (χ0n) is 10.7. The minimum absolute atomic E-state index is 0.0898. The molecule has 1 aliphatic heterocycles. The Morgan fingerprint density at radius 2 is 2.33 bits per heavy atom. The number of carbonyl (C=O) groups excluding carboxylic acids is 1. The number of rotatable bonds is 2. The molecule has 0 fully saturated rings. The third-order valence-electron chi connectivity index (χ3n) is 3.55. The Hall–Kier alpha value is -1.06. The van der Waals surface area contributed by atoms with Crippen LogP contribution in [-0.4, -0.2) is 19.0 Å². The highest BCUT2D eigenvalue weighted by Crippen LogP contribution is 2.37. The molecule has 0 saturated carbocycles. The zero-order chi connectivity index (χ0) is 13.1. The number of fused-ring (bicyclic) bond motifs is 1. The average Bonchev–Trinajstić information content (AvgIpc) is 2.50. The van der Waals surface area contributed by atoms with Crippen molar-refractivity contribution in [2.75, 3.05) is 18.0 Å². The molecule has 1 aromatic rings. The Morgan fingerprint density at radius 1 is 1.56 bits per heavy atom. The van der Waals surface area contributed by atoms with Gasteiger partial charge in [-0.2, -0.15) is 0 Å². The predicted molar refractivity (Wildman–Crippen MR) is 75.1 cm³/mol. The Bertz CT molecular complexity index is 447. The number of carbonyl (C=O) groups is 1. The van der Waals surface area contributed by atoms with E-state index in [1.54, 1.807) is 6.92 Å². The second-order valence-electron chi connectivity index (χ2n) is 4.79. The molecule has 1 atom stereocenters. The molecule has 2 N–H and O–H groups in total. The SMILES string of the molecule is CC(=O)N1CCCC(CCN)c2cc(Cl)ccc21. The Labute approximate surface area is 113 Å². The quantitative estimate of drug-likeness (QED) is 0.895. The first kappa shape index (κ1) is 13.4. The highest BCUT2D eigenvalue weighted by molar-refractivity contribution is 6.30. The summed E-state index contributed by atoms with van der Waals surface area (Å²) in [7, 11) is 0. The third-order valence-corrected chi connectivity index (χ3v) is 3.78. The van der Waals surface area contributed by atoms with Gasteiger partial charge in [0.1, 0.15) is 0 Å². The molecule has 1 unspecified atom stereocenters. The van der Waals surface area contributed by atoms with E-state index in [4.69, 9.17) is 17.3 Å². The summed E-state index contributed by atoms with van der Waals surface area (Å²) in [6.07, 6.45) is 3.02. The fraction of sp³-hybridized carbons (Fsp3) is 0.500. The maximum absolute atomic E-state index is 11.7. The van der Waals surface area contributed by atoms with Gasteiger partial charge in [-0.1, -0.05) is 11.6 Å². The van der Waals surface area contributed by atoms with Gasteiger partial charge < -0.3 is 10.6 Å². The summed E-state index contributed by atoms with van der Waals surface area (Å²) in [5, 5.41) is 0.723. The van der Waals surface area contributed by atoms with Crippen LogP contribution in [0.2, 0.25) is 5.02 Å². The molecule has 1 heterocycles. The minimum Gasteiger partial charge on any atom is -0.330 e. The first-order chi connectivity index (χ1) is 8.63. The van der Waals surface area contributed by atoms with Crippen LogP contribution >= 0.6 is 11.6 Å². The van der Waals surface area contributed by atoms with E-state index in [0.29, 0.717) is 12.5 Å². The van der Waals surface area contributed by atoms with Gasteiger partial charge in [-0.05, 0) is 55.5 Å². The van der Waals surface area contributed by atoms with Crippen molar-refractivity contribution in [3.05, 3.63) is 28.8 Å². The van der Waals surface area contributed by atoms with Crippen molar-refractivity contribution in [1.29, 1.82) is 0 Å². The zero-order valence-corrected chi connectivity index (χ0v) is 11.4. The summed E-state index contributed by atoms with van der Waals surface area (Å²) in [6.45, 7) is 3.06. The number of benzene rings is 1. The minimum atomic E-state index is 0.0898. The summed E-state index contributed by atoms with van der Waals surface area (Å²) in [4.78, 5) is 13.6. The van der Waals surface area contributed by atoms with Gasteiger partial charge >= 0.3 is 0 Å². The molecule has 1 amide bonds. The summed E-state index contributed by atoms with van der Waals surface area (Å²) >= 11 is 6.09. The maximum atomic E-state index is 11.7. The largest absolute Gasteiger partial charge is 0.330 e. The summed E-state index contributed by atoms with van der Waals surface area (Å²) in [5.41, 5.74) is 7.86. The fourth-order valence-electron chi connectivity index (χ4n) is 2.70. The molecule has 0 aliphatic carbocycles. The number of halogens is 1. The predicted octanol–water partition coefficient (Wildman–Crippen LogP) is 2.92. The summed E-state index contributed by atoms with van der Waals surface area (Å²) in [6, 6.07) is 5.79. The van der Waals surface area contributed by atoms with Gasteiger partial charge in [0.2, 0.25) is 5.91 Å². The molecule has 0 radical (unpaired) electrons. The van der Waals surface area contributed by atoms with E-state index in [-0.39, 0.29) is 5.91 Å². The van der Waals surface area contributed by atoms with Crippen LogP contribution in [0.5, 0.6) is 0 Å². The van der Waals surface area contributed by atoms with Crippen molar-refractivity contribution in [3.63, 3.8) is 0 Å². The smallest absolute Gasteiger partial charge is 0.223 e. The standard InChI is InChI=1S/C14H19ClN2O/c1-10(18)17-8-2-3-11(6-7-16)13-9-12(15)4-5-14(13)17/h4-5,9,11H,2-3,6-8,16H2,1H3. The number of nitrogens with zero attached hydrogens (tertiary/aromatic N) is 1. The molecule has 0 aromatic heterocycles. The van der Waals surface area contributed by atoms with E-state index in [0.717, 1.165) is 36.5 Å². The van der Waals surface area contributed by atoms with E-state index in [1.807, 2.05) is 23.1 Å². The third kappa shape index (κ3) is 2.68. The van der Waals surface area contributed by atoms with Crippen LogP contribution in [-0.2, 0) is 4.79 Å². The second-order valence-corrected chi connectivity index (χ2v) is 5.23. The Morgan fingerprint density at radius 3 is 3.00 bits per heavy atom. The summed E-state index contributed by atoms with van der Waals surface area (Å²) < 4.78 is 0. The lowest BCUT2D eigenvalue weighted by Gasteiger charge is -2.23. The first-order valence-electron chi connectivity index (χ1n) is 6.41. The topological polar surface area (TPSA) is 46.3 Å². The van der Waals surface area contributed by atoms with E-state index in [1.165, 1.54) is 5.56 Å². The van der Waals surface area contributed by atoms with Gasteiger partial charge in [0.25, 0.3) is 0 Å². The van der Waals surface area contributed by atoms with Crippen molar-refractivity contribution in [1.82, 2.24) is 0 Å². The number of hydrogen-bond acceptors (Lipinski definition) is 2. The monoisotopic (exact) mass is 266 g/mol. The normalized spacial score (nSPS) is 19.3. The molecule has 3 nitrogen and oxygen atoms in total. The molecular formula is C14H19ClN2O. The Kier molecular flexibility index (Phi) is 4.25. The summed E-state index contributed by atoms with van der Waals surface area (Å²) in [5.74, 6) is 0.500. The van der Waals surface area contributed by atoms with E-state index in [2.05, 4.69) is 0 Å². The highest BCUT2D eigenvalue weighted by Gasteiger charge is 2.24. The molecule has 1 aromatic carbocycles. The number of hydrogen-bond donors (Lipinski definition) is 1. The van der Waals surface area contributed by atoms with Crippen LogP contribution in [0.3, 0.4) is 0 Å². The van der Waals surface area contributed by atoms with E-state index in [9.17, 15) is 4.79 Å². The molecule has 2 rings (SSSR count). The molecule has 0 spiro atoms. The Balaban J connectivity index is 2.46. The lowest BCUT2D eigenvalue weighted by molar-refractivity contribution is -0.116. The molecule has 0 saturated heterocycles. The second kappa shape index (κ2) is 5.72. The van der Waals surface area contributed by atoms with Gasteiger partial charge in [-0.25, -0.2) is 0 Å². The van der Waals surface area contributed by atoms with Crippen LogP contribution in [0.1, 0.15) is 37.7 Å². The van der Waals surface area contributed by atoms with E-state index < -0.39 is 0 Å².